The molecule has 11 heavy (non-hydrogen) atoms. The molecule has 0 atom stereocenters. The van der Waals surface area contributed by atoms with Crippen LogP contribution in [0.5, 0.6) is 0 Å². The summed E-state index contributed by atoms with van der Waals surface area (Å²) < 4.78 is 0.827. The number of aromatic nitrogens is 1. The monoisotopic (exact) mass is 234 g/mol. The van der Waals surface area contributed by atoms with Gasteiger partial charge < -0.3 is 10.4 Å². The van der Waals surface area contributed by atoms with Crippen LogP contribution in [-0.2, 0) is 5.60 Å². The van der Waals surface area contributed by atoms with Crippen molar-refractivity contribution in [1.82, 2.24) is 10.3 Å². The highest BCUT2D eigenvalue weighted by Gasteiger charge is 2.38. The molecule has 1 aliphatic heterocycles. The van der Waals surface area contributed by atoms with Crippen LogP contribution in [0, 0.1) is 0 Å². The van der Waals surface area contributed by atoms with Crippen molar-refractivity contribution >= 4 is 27.3 Å². The fraction of sp³-hybridized carbons (Fsp3) is 0.500. The maximum atomic E-state index is 9.76. The van der Waals surface area contributed by atoms with Crippen LogP contribution < -0.4 is 5.32 Å². The van der Waals surface area contributed by atoms with Gasteiger partial charge in [0.2, 0.25) is 0 Å². The van der Waals surface area contributed by atoms with Gasteiger partial charge in [-0.25, -0.2) is 4.98 Å². The molecule has 3 nitrogen and oxygen atoms in total. The second-order valence-corrected chi connectivity index (χ2v) is 4.75. The topological polar surface area (TPSA) is 45.2 Å². The summed E-state index contributed by atoms with van der Waals surface area (Å²) in [5.41, 5.74) is 0.0656. The maximum Gasteiger partial charge on any atom is 0.159 e. The van der Waals surface area contributed by atoms with E-state index in [4.69, 9.17) is 0 Å². The Kier molecular flexibility index (Phi) is 1.75. The van der Waals surface area contributed by atoms with E-state index in [0.29, 0.717) is 13.1 Å². The normalized spacial score (nSPS) is 21.3. The van der Waals surface area contributed by atoms with Gasteiger partial charge in [-0.15, -0.1) is 11.3 Å². The SMILES string of the molecule is OC1(c2csc(Br)n2)CNC1. The third-order valence-corrected chi connectivity index (χ3v) is 3.15. The summed E-state index contributed by atoms with van der Waals surface area (Å²) in [4.78, 5) is 4.15. The predicted octanol–water partition coefficient (Wildman–Crippen LogP) is 0.696. The first kappa shape index (κ1) is 7.67. The quantitative estimate of drug-likeness (QED) is 0.753. The summed E-state index contributed by atoms with van der Waals surface area (Å²) in [6.45, 7) is 1.23. The third-order valence-electron chi connectivity index (χ3n) is 1.79. The van der Waals surface area contributed by atoms with E-state index in [9.17, 15) is 5.11 Å². The van der Waals surface area contributed by atoms with Crippen LogP contribution in [-0.4, -0.2) is 23.2 Å². The van der Waals surface area contributed by atoms with E-state index in [1.54, 1.807) is 0 Å². The highest BCUT2D eigenvalue weighted by molar-refractivity contribution is 9.11. The molecule has 0 aliphatic carbocycles. The summed E-state index contributed by atoms with van der Waals surface area (Å²) in [5, 5.41) is 14.6. The Morgan fingerprint density at radius 3 is 2.82 bits per heavy atom. The Hall–Kier alpha value is 0.0300. The van der Waals surface area contributed by atoms with Gasteiger partial charge in [-0.05, 0) is 15.9 Å². The number of rotatable bonds is 1. The van der Waals surface area contributed by atoms with Gasteiger partial charge in [-0.3, -0.25) is 0 Å². The molecule has 0 radical (unpaired) electrons. The van der Waals surface area contributed by atoms with Crippen molar-refractivity contribution in [1.29, 1.82) is 0 Å². The van der Waals surface area contributed by atoms with E-state index in [-0.39, 0.29) is 0 Å². The maximum absolute atomic E-state index is 9.76. The van der Waals surface area contributed by atoms with E-state index >= 15 is 0 Å². The van der Waals surface area contributed by atoms with Crippen molar-refractivity contribution in [2.24, 2.45) is 0 Å². The van der Waals surface area contributed by atoms with Crippen LogP contribution in [0.15, 0.2) is 9.30 Å². The number of hydrogen-bond donors (Lipinski definition) is 2. The molecule has 0 aromatic carbocycles. The molecule has 1 aliphatic rings. The second-order valence-electron chi connectivity index (χ2n) is 2.62. The number of thiazole rings is 1. The molecule has 2 N–H and O–H groups in total. The van der Waals surface area contributed by atoms with Gasteiger partial charge in [0.25, 0.3) is 0 Å². The van der Waals surface area contributed by atoms with Crippen LogP contribution in [0.1, 0.15) is 5.69 Å². The fourth-order valence-electron chi connectivity index (χ4n) is 1.01. The lowest BCUT2D eigenvalue weighted by atomic mass is 9.94. The van der Waals surface area contributed by atoms with Crippen LogP contribution in [0.4, 0.5) is 0 Å². The Labute approximate surface area is 76.6 Å². The number of nitrogens with one attached hydrogen (secondary N) is 1. The lowest BCUT2D eigenvalue weighted by Crippen LogP contribution is -2.56. The second kappa shape index (κ2) is 2.52. The largest absolute Gasteiger partial charge is 0.381 e. The zero-order chi connectivity index (χ0) is 7.90. The number of aliphatic hydroxyl groups is 1. The average molecular weight is 235 g/mol. The molecule has 1 fully saturated rings. The highest BCUT2D eigenvalue weighted by Crippen LogP contribution is 2.28. The standard InChI is InChI=1S/C6H7BrN2OS/c7-5-9-4(1-11-5)6(10)2-8-3-6/h1,8,10H,2-3H2. The van der Waals surface area contributed by atoms with Gasteiger partial charge in [0, 0.05) is 18.5 Å². The highest BCUT2D eigenvalue weighted by atomic mass is 79.9. The molecule has 0 unspecified atom stereocenters. The summed E-state index contributed by atoms with van der Waals surface area (Å²) >= 11 is 4.75. The summed E-state index contributed by atoms with van der Waals surface area (Å²) in [5.74, 6) is 0. The molecule has 0 bridgehead atoms. The minimum absolute atomic E-state index is 0.614. The van der Waals surface area contributed by atoms with Gasteiger partial charge >= 0.3 is 0 Å². The van der Waals surface area contributed by atoms with E-state index in [2.05, 4.69) is 26.2 Å². The van der Waals surface area contributed by atoms with E-state index < -0.39 is 5.60 Å². The minimum Gasteiger partial charge on any atom is -0.381 e. The molecule has 60 valence electrons. The predicted molar refractivity (Wildman–Crippen MR) is 46.6 cm³/mol. The molecule has 2 heterocycles. The van der Waals surface area contributed by atoms with Crippen molar-refractivity contribution in [3.05, 3.63) is 15.0 Å². The molecular weight excluding hydrogens is 228 g/mol. The average Bonchev–Trinajstić information content (AvgIpc) is 2.31. The Morgan fingerprint density at radius 1 is 1.73 bits per heavy atom. The summed E-state index contributed by atoms with van der Waals surface area (Å²) in [6.07, 6.45) is 0. The molecule has 5 heteroatoms. The molecule has 0 saturated carbocycles. The number of halogens is 1. The number of hydrogen-bond acceptors (Lipinski definition) is 4. The lowest BCUT2D eigenvalue weighted by molar-refractivity contribution is -0.0181. The van der Waals surface area contributed by atoms with Crippen LogP contribution in [0.3, 0.4) is 0 Å². The van der Waals surface area contributed by atoms with E-state index in [0.717, 1.165) is 9.61 Å². The Morgan fingerprint density at radius 2 is 2.45 bits per heavy atom. The van der Waals surface area contributed by atoms with E-state index in [1.807, 2.05) is 5.38 Å². The van der Waals surface area contributed by atoms with Crippen molar-refractivity contribution in [2.75, 3.05) is 13.1 Å². The minimum atomic E-state index is -0.706. The van der Waals surface area contributed by atoms with E-state index in [1.165, 1.54) is 11.3 Å². The summed E-state index contributed by atoms with van der Waals surface area (Å²) in [7, 11) is 0. The lowest BCUT2D eigenvalue weighted by Gasteiger charge is -2.35. The van der Waals surface area contributed by atoms with Gasteiger partial charge in [0.1, 0.15) is 5.60 Å². The number of nitrogens with zero attached hydrogens (tertiary/aromatic N) is 1. The molecule has 2 rings (SSSR count). The Bertz CT molecular complexity index is 271. The molecular formula is C6H7BrN2OS. The number of β-amino-alcohol motifs (C(OH)–C–C–N with tert-alkyl or cyclic N) is 1. The van der Waals surface area contributed by atoms with Crippen LogP contribution >= 0.6 is 27.3 Å². The molecule has 1 saturated heterocycles. The first-order chi connectivity index (χ1) is 5.21. The molecule has 1 aromatic heterocycles. The fourth-order valence-corrected chi connectivity index (χ4v) is 2.11. The zero-order valence-electron chi connectivity index (χ0n) is 5.67. The smallest absolute Gasteiger partial charge is 0.159 e. The van der Waals surface area contributed by atoms with Crippen molar-refractivity contribution in [3.8, 4) is 0 Å². The first-order valence-electron chi connectivity index (χ1n) is 3.25. The molecule has 0 spiro atoms. The Balaban J connectivity index is 2.28. The van der Waals surface area contributed by atoms with Crippen molar-refractivity contribution in [2.45, 2.75) is 5.60 Å². The molecule has 1 aromatic rings. The third kappa shape index (κ3) is 1.22. The zero-order valence-corrected chi connectivity index (χ0v) is 8.07. The van der Waals surface area contributed by atoms with Crippen LogP contribution in [0.2, 0.25) is 0 Å². The molecule has 0 amide bonds. The van der Waals surface area contributed by atoms with Crippen molar-refractivity contribution in [3.63, 3.8) is 0 Å². The van der Waals surface area contributed by atoms with Gasteiger partial charge in [0.15, 0.2) is 3.92 Å². The summed E-state index contributed by atoms with van der Waals surface area (Å²) in [6, 6.07) is 0. The first-order valence-corrected chi connectivity index (χ1v) is 4.93. The van der Waals surface area contributed by atoms with Gasteiger partial charge in [-0.2, -0.15) is 0 Å². The van der Waals surface area contributed by atoms with Gasteiger partial charge in [0.05, 0.1) is 5.69 Å². The van der Waals surface area contributed by atoms with Crippen molar-refractivity contribution < 1.29 is 5.11 Å². The van der Waals surface area contributed by atoms with Crippen LogP contribution in [0.25, 0.3) is 0 Å². The van der Waals surface area contributed by atoms with Gasteiger partial charge in [-0.1, -0.05) is 0 Å².